The van der Waals surface area contributed by atoms with Crippen LogP contribution < -0.4 is 0 Å². The van der Waals surface area contributed by atoms with Gasteiger partial charge in [-0.3, -0.25) is 4.79 Å². The van der Waals surface area contributed by atoms with Crippen LogP contribution in [0.3, 0.4) is 0 Å². The van der Waals surface area contributed by atoms with Gasteiger partial charge in [0.05, 0.1) is 0 Å². The van der Waals surface area contributed by atoms with E-state index in [4.69, 9.17) is 4.74 Å². The number of carboxylic acids is 1. The summed E-state index contributed by atoms with van der Waals surface area (Å²) in [6, 6.07) is 13.8. The van der Waals surface area contributed by atoms with Crippen LogP contribution >= 0.6 is 0 Å². The Balaban J connectivity index is 2.28. The van der Waals surface area contributed by atoms with E-state index >= 15 is 0 Å². The maximum atomic E-state index is 13.0. The van der Waals surface area contributed by atoms with E-state index in [-0.39, 0.29) is 18.6 Å². The lowest BCUT2D eigenvalue weighted by molar-refractivity contribution is -0.149. The van der Waals surface area contributed by atoms with Crippen LogP contribution in [0, 0.1) is 0 Å². The summed E-state index contributed by atoms with van der Waals surface area (Å²) in [7, 11) is 0. The first-order valence-electron chi connectivity index (χ1n) is 9.66. The van der Waals surface area contributed by atoms with Gasteiger partial charge in [-0.2, -0.15) is 0 Å². The Morgan fingerprint density at radius 2 is 1.57 bits per heavy atom. The smallest absolute Gasteiger partial charge is 0.417 e. The van der Waals surface area contributed by atoms with Gasteiger partial charge in [0.2, 0.25) is 5.91 Å². The molecule has 160 valence electrons. The van der Waals surface area contributed by atoms with E-state index in [0.29, 0.717) is 16.9 Å². The zero-order valence-corrected chi connectivity index (χ0v) is 17.4. The molecule has 0 saturated carbocycles. The van der Waals surface area contributed by atoms with Gasteiger partial charge in [0.25, 0.3) is 0 Å². The molecule has 7 nitrogen and oxygen atoms in total. The second-order valence-electron chi connectivity index (χ2n) is 7.95. The summed E-state index contributed by atoms with van der Waals surface area (Å²) in [5, 5.41) is 19.2. The highest BCUT2D eigenvalue weighted by molar-refractivity contribution is 5.96. The number of amides is 2. The molecule has 0 radical (unpaired) electrons. The van der Waals surface area contributed by atoms with Crippen LogP contribution in [0.5, 0.6) is 5.75 Å². The number of carboxylic acid groups (broad SMARTS) is 1. The van der Waals surface area contributed by atoms with Gasteiger partial charge in [0.15, 0.2) is 0 Å². The van der Waals surface area contributed by atoms with Crippen LogP contribution in [0.15, 0.2) is 54.6 Å². The molecular weight excluding hydrogens is 386 g/mol. The number of nitrogens with zero attached hydrogens (tertiary/aromatic N) is 1. The number of rotatable bonds is 7. The van der Waals surface area contributed by atoms with Crippen molar-refractivity contribution in [2.45, 2.75) is 51.7 Å². The number of hydrogen-bond donors (Lipinski definition) is 2. The van der Waals surface area contributed by atoms with E-state index in [1.165, 1.54) is 12.1 Å². The van der Waals surface area contributed by atoms with E-state index in [1.807, 2.05) is 30.3 Å². The SMILES string of the molecule is CC(C)(C)OC(=O)N(C(=O)CCc1ccccc1)[C@@H](Cc1ccc(O)cc1)C(=O)O. The van der Waals surface area contributed by atoms with Gasteiger partial charge in [-0.25, -0.2) is 14.5 Å². The average molecular weight is 413 g/mol. The third kappa shape index (κ3) is 6.92. The van der Waals surface area contributed by atoms with Crippen LogP contribution in [-0.2, 0) is 27.2 Å². The summed E-state index contributed by atoms with van der Waals surface area (Å²) in [5.74, 6) is -1.91. The van der Waals surface area contributed by atoms with Gasteiger partial charge in [-0.15, -0.1) is 0 Å². The molecule has 0 aliphatic heterocycles. The maximum absolute atomic E-state index is 13.0. The zero-order chi connectivity index (χ0) is 22.3. The predicted molar refractivity (Wildman–Crippen MR) is 111 cm³/mol. The molecule has 2 amide bonds. The lowest BCUT2D eigenvalue weighted by Crippen LogP contribution is -2.51. The average Bonchev–Trinajstić information content (AvgIpc) is 2.66. The van der Waals surface area contributed by atoms with Gasteiger partial charge >= 0.3 is 12.1 Å². The summed E-state index contributed by atoms with van der Waals surface area (Å²) in [6.07, 6.45) is -0.772. The van der Waals surface area contributed by atoms with E-state index in [2.05, 4.69) is 0 Å². The van der Waals surface area contributed by atoms with Crippen molar-refractivity contribution in [1.29, 1.82) is 0 Å². The van der Waals surface area contributed by atoms with Gasteiger partial charge < -0.3 is 14.9 Å². The summed E-state index contributed by atoms with van der Waals surface area (Å²) in [5.41, 5.74) is 0.571. The molecule has 0 aliphatic carbocycles. The molecule has 0 spiro atoms. The fraction of sp³-hybridized carbons (Fsp3) is 0.348. The number of imide groups is 1. The molecule has 0 aromatic heterocycles. The predicted octanol–water partition coefficient (Wildman–Crippen LogP) is 3.78. The molecule has 7 heteroatoms. The molecule has 0 aliphatic rings. The van der Waals surface area contributed by atoms with E-state index in [9.17, 15) is 24.6 Å². The minimum atomic E-state index is -1.44. The minimum Gasteiger partial charge on any atom is -0.508 e. The Hall–Kier alpha value is -3.35. The fourth-order valence-electron chi connectivity index (χ4n) is 2.87. The largest absolute Gasteiger partial charge is 0.508 e. The van der Waals surface area contributed by atoms with Crippen molar-refractivity contribution in [3.05, 3.63) is 65.7 Å². The van der Waals surface area contributed by atoms with E-state index in [1.54, 1.807) is 32.9 Å². The van der Waals surface area contributed by atoms with Gasteiger partial charge in [-0.1, -0.05) is 42.5 Å². The highest BCUT2D eigenvalue weighted by Crippen LogP contribution is 2.19. The van der Waals surface area contributed by atoms with Crippen molar-refractivity contribution in [3.8, 4) is 5.75 Å². The molecule has 0 saturated heterocycles. The lowest BCUT2D eigenvalue weighted by atomic mass is 10.0. The first kappa shape index (κ1) is 22.9. The molecule has 2 aromatic rings. The van der Waals surface area contributed by atoms with Crippen molar-refractivity contribution in [3.63, 3.8) is 0 Å². The van der Waals surface area contributed by atoms with Gasteiger partial charge in [0, 0.05) is 12.8 Å². The topological polar surface area (TPSA) is 104 Å². The summed E-state index contributed by atoms with van der Waals surface area (Å²) in [4.78, 5) is 38.4. The number of benzene rings is 2. The number of phenolic OH excluding ortho intramolecular Hbond substituents is 1. The highest BCUT2D eigenvalue weighted by Gasteiger charge is 2.37. The van der Waals surface area contributed by atoms with E-state index < -0.39 is 29.6 Å². The second kappa shape index (κ2) is 9.91. The molecule has 0 fully saturated rings. The molecular formula is C23H27NO6. The first-order chi connectivity index (χ1) is 14.1. The van der Waals surface area contributed by atoms with Crippen LogP contribution in [-0.4, -0.2) is 44.7 Å². The normalized spacial score (nSPS) is 12.1. The molecule has 2 aromatic carbocycles. The summed E-state index contributed by atoms with van der Waals surface area (Å²) < 4.78 is 5.32. The number of aryl methyl sites for hydroxylation is 1. The Morgan fingerprint density at radius 3 is 2.10 bits per heavy atom. The molecule has 0 bridgehead atoms. The number of hydrogen-bond acceptors (Lipinski definition) is 5. The summed E-state index contributed by atoms with van der Waals surface area (Å²) in [6.45, 7) is 4.94. The second-order valence-corrected chi connectivity index (χ2v) is 7.95. The van der Waals surface area contributed by atoms with Crippen molar-refractivity contribution in [2.24, 2.45) is 0 Å². The van der Waals surface area contributed by atoms with Gasteiger partial charge in [0.1, 0.15) is 17.4 Å². The Labute approximate surface area is 175 Å². The quantitative estimate of drug-likeness (QED) is 0.716. The standard InChI is InChI=1S/C23H27NO6/c1-23(2,3)30-22(29)24(20(26)14-11-16-7-5-4-6-8-16)19(21(27)28)15-17-9-12-18(25)13-10-17/h4-10,12-13,19,25H,11,14-15H2,1-3H3,(H,27,28)/t19-/m0/s1. The van der Waals surface area contributed by atoms with Crippen LogP contribution in [0.1, 0.15) is 38.3 Å². The number of carbonyl (C=O) groups is 3. The van der Waals surface area contributed by atoms with Crippen molar-refractivity contribution >= 4 is 18.0 Å². The Bertz CT molecular complexity index is 871. The molecule has 2 N–H and O–H groups in total. The van der Waals surface area contributed by atoms with Crippen LogP contribution in [0.4, 0.5) is 4.79 Å². The Morgan fingerprint density at radius 1 is 0.967 bits per heavy atom. The zero-order valence-electron chi connectivity index (χ0n) is 17.4. The highest BCUT2D eigenvalue weighted by atomic mass is 16.6. The number of aromatic hydroxyl groups is 1. The van der Waals surface area contributed by atoms with Crippen molar-refractivity contribution < 1.29 is 29.3 Å². The first-order valence-corrected chi connectivity index (χ1v) is 9.66. The maximum Gasteiger partial charge on any atom is 0.417 e. The molecule has 0 unspecified atom stereocenters. The third-order valence-electron chi connectivity index (χ3n) is 4.29. The lowest BCUT2D eigenvalue weighted by Gasteiger charge is -2.30. The number of ether oxygens (including phenoxy) is 1. The molecule has 0 heterocycles. The third-order valence-corrected chi connectivity index (χ3v) is 4.29. The number of carbonyl (C=O) groups excluding carboxylic acids is 2. The molecule has 2 rings (SSSR count). The monoisotopic (exact) mass is 413 g/mol. The summed E-state index contributed by atoms with van der Waals surface area (Å²) >= 11 is 0. The number of aliphatic carboxylic acids is 1. The van der Waals surface area contributed by atoms with Crippen molar-refractivity contribution in [2.75, 3.05) is 0 Å². The van der Waals surface area contributed by atoms with Crippen molar-refractivity contribution in [1.82, 2.24) is 4.90 Å². The fourth-order valence-corrected chi connectivity index (χ4v) is 2.87. The van der Waals surface area contributed by atoms with E-state index in [0.717, 1.165) is 5.56 Å². The minimum absolute atomic E-state index is 0.0357. The van der Waals surface area contributed by atoms with Gasteiger partial charge in [-0.05, 0) is 50.5 Å². The van der Waals surface area contributed by atoms with Crippen LogP contribution in [0.2, 0.25) is 0 Å². The Kier molecular flexibility index (Phi) is 7.58. The molecule has 30 heavy (non-hydrogen) atoms. The van der Waals surface area contributed by atoms with Crippen LogP contribution in [0.25, 0.3) is 0 Å². The number of phenols is 1. The molecule has 1 atom stereocenters.